The molecule has 0 unspecified atom stereocenters. The van der Waals surface area contributed by atoms with Crippen molar-refractivity contribution < 1.29 is 9.13 Å². The third kappa shape index (κ3) is 5.28. The molecule has 1 saturated heterocycles. The third-order valence-electron chi connectivity index (χ3n) is 6.66. The molecule has 0 radical (unpaired) electrons. The number of likely N-dealkylation sites (N-methyl/N-ethyl adjacent to an activating group) is 1. The summed E-state index contributed by atoms with van der Waals surface area (Å²) in [6, 6.07) is 9.26. The van der Waals surface area contributed by atoms with E-state index in [1.807, 2.05) is 19.1 Å². The monoisotopic (exact) mass is 577 g/mol. The Morgan fingerprint density at radius 1 is 1.12 bits per heavy atom. The van der Waals surface area contributed by atoms with Gasteiger partial charge in [0.15, 0.2) is 0 Å². The molecule has 8 heteroatoms. The standard InChI is InChI=1S/C26H33FIN5O/c1-5-34-24-15-23-20(14-21(24)26(2,3)33-10-6-9-32(4)11-12-33)25(30-17-29-23)31-19-7-8-22(27)18(13-19)16-28/h7-8,13-15,17H,5-6,9-12,16H2,1-4H3,(H,29,30,31). The summed E-state index contributed by atoms with van der Waals surface area (Å²) in [6.45, 7) is 11.3. The van der Waals surface area contributed by atoms with Gasteiger partial charge >= 0.3 is 0 Å². The molecule has 3 aromatic rings. The van der Waals surface area contributed by atoms with E-state index >= 15 is 0 Å². The smallest absolute Gasteiger partial charge is 0.141 e. The van der Waals surface area contributed by atoms with Gasteiger partial charge in [-0.1, -0.05) is 22.6 Å². The predicted molar refractivity (Wildman–Crippen MR) is 145 cm³/mol. The lowest BCUT2D eigenvalue weighted by molar-refractivity contribution is 0.121. The van der Waals surface area contributed by atoms with E-state index in [4.69, 9.17) is 4.74 Å². The number of fused-ring (bicyclic) bond motifs is 1. The van der Waals surface area contributed by atoms with Crippen molar-refractivity contribution in [2.75, 3.05) is 45.2 Å². The van der Waals surface area contributed by atoms with Gasteiger partial charge in [-0.3, -0.25) is 4.90 Å². The third-order valence-corrected chi connectivity index (χ3v) is 7.48. The van der Waals surface area contributed by atoms with Crippen molar-refractivity contribution in [2.45, 2.75) is 37.2 Å². The van der Waals surface area contributed by atoms with E-state index < -0.39 is 0 Å². The Hall–Kier alpha value is -2.04. The van der Waals surface area contributed by atoms with Crippen LogP contribution in [0.1, 0.15) is 38.3 Å². The molecule has 0 aliphatic carbocycles. The number of anilines is 2. The van der Waals surface area contributed by atoms with Crippen LogP contribution >= 0.6 is 22.6 Å². The number of rotatable bonds is 7. The second-order valence-corrected chi connectivity index (χ2v) is 10.1. The van der Waals surface area contributed by atoms with Crippen molar-refractivity contribution in [3.05, 3.63) is 53.6 Å². The number of nitrogens with one attached hydrogen (secondary N) is 1. The molecule has 0 saturated carbocycles. The molecular weight excluding hydrogens is 544 g/mol. The Morgan fingerprint density at radius 3 is 2.71 bits per heavy atom. The van der Waals surface area contributed by atoms with E-state index in [-0.39, 0.29) is 11.4 Å². The zero-order valence-corrected chi connectivity index (χ0v) is 22.5. The minimum atomic E-state index is -0.235. The van der Waals surface area contributed by atoms with Gasteiger partial charge < -0.3 is 15.0 Å². The average molecular weight is 577 g/mol. The van der Waals surface area contributed by atoms with E-state index in [9.17, 15) is 4.39 Å². The zero-order chi connectivity index (χ0) is 24.3. The Morgan fingerprint density at radius 2 is 1.94 bits per heavy atom. The fraction of sp³-hybridized carbons (Fsp3) is 0.462. The molecule has 4 rings (SSSR count). The van der Waals surface area contributed by atoms with Gasteiger partial charge in [-0.25, -0.2) is 14.4 Å². The van der Waals surface area contributed by atoms with Crippen molar-refractivity contribution in [3.63, 3.8) is 0 Å². The number of hydrogen-bond donors (Lipinski definition) is 1. The van der Waals surface area contributed by atoms with Crippen molar-refractivity contribution in [3.8, 4) is 5.75 Å². The lowest BCUT2D eigenvalue weighted by Gasteiger charge is -2.39. The van der Waals surface area contributed by atoms with E-state index in [0.717, 1.165) is 60.5 Å². The second kappa shape index (κ2) is 10.7. The lowest BCUT2D eigenvalue weighted by Crippen LogP contribution is -2.43. The fourth-order valence-electron chi connectivity index (χ4n) is 4.60. The second-order valence-electron chi connectivity index (χ2n) is 9.29. The summed E-state index contributed by atoms with van der Waals surface area (Å²) in [7, 11) is 2.19. The van der Waals surface area contributed by atoms with Crippen LogP contribution in [-0.2, 0) is 9.97 Å². The minimum absolute atomic E-state index is 0.194. The van der Waals surface area contributed by atoms with Gasteiger partial charge in [0, 0.05) is 52.3 Å². The van der Waals surface area contributed by atoms with E-state index in [1.165, 1.54) is 6.07 Å². The molecule has 182 valence electrons. The molecule has 34 heavy (non-hydrogen) atoms. The van der Waals surface area contributed by atoms with Crippen LogP contribution in [-0.4, -0.2) is 59.6 Å². The maximum atomic E-state index is 14.0. The quantitative estimate of drug-likeness (QED) is 0.287. The molecule has 0 bridgehead atoms. The molecule has 2 heterocycles. The summed E-state index contributed by atoms with van der Waals surface area (Å²) in [5.74, 6) is 1.36. The molecule has 0 spiro atoms. The zero-order valence-electron chi connectivity index (χ0n) is 20.4. The van der Waals surface area contributed by atoms with Crippen molar-refractivity contribution in [1.82, 2.24) is 19.8 Å². The Labute approximate surface area is 215 Å². The normalized spacial score (nSPS) is 15.9. The Kier molecular flexibility index (Phi) is 7.89. The van der Waals surface area contributed by atoms with Gasteiger partial charge in [-0.2, -0.15) is 0 Å². The van der Waals surface area contributed by atoms with Gasteiger partial charge in [-0.05, 0) is 70.6 Å². The lowest BCUT2D eigenvalue weighted by atomic mass is 9.89. The van der Waals surface area contributed by atoms with Gasteiger partial charge in [-0.15, -0.1) is 0 Å². The summed E-state index contributed by atoms with van der Waals surface area (Å²) in [4.78, 5) is 14.0. The molecule has 1 N–H and O–H groups in total. The first kappa shape index (κ1) is 25.1. The number of hydrogen-bond acceptors (Lipinski definition) is 6. The molecule has 0 amide bonds. The number of halogens is 2. The minimum Gasteiger partial charge on any atom is -0.493 e. The summed E-state index contributed by atoms with van der Waals surface area (Å²) >= 11 is 2.18. The molecule has 1 aliphatic rings. The van der Waals surface area contributed by atoms with E-state index in [2.05, 4.69) is 74.6 Å². The van der Waals surface area contributed by atoms with Crippen LogP contribution < -0.4 is 10.1 Å². The summed E-state index contributed by atoms with van der Waals surface area (Å²) in [5, 5.41) is 4.31. The van der Waals surface area contributed by atoms with E-state index in [1.54, 1.807) is 12.4 Å². The maximum Gasteiger partial charge on any atom is 0.141 e. The van der Waals surface area contributed by atoms with Crippen LogP contribution in [0.25, 0.3) is 10.9 Å². The number of benzene rings is 2. The summed E-state index contributed by atoms with van der Waals surface area (Å²) in [6.07, 6.45) is 2.69. The van der Waals surface area contributed by atoms with Gasteiger partial charge in [0.1, 0.15) is 23.7 Å². The molecule has 1 aromatic heterocycles. The van der Waals surface area contributed by atoms with Crippen molar-refractivity contribution in [2.24, 2.45) is 0 Å². The topological polar surface area (TPSA) is 53.5 Å². The highest BCUT2D eigenvalue weighted by molar-refractivity contribution is 14.1. The predicted octanol–water partition coefficient (Wildman–Crippen LogP) is 5.72. The van der Waals surface area contributed by atoms with Gasteiger partial charge in [0.25, 0.3) is 0 Å². The molecular formula is C26H33FIN5O. The molecule has 0 atom stereocenters. The van der Waals surface area contributed by atoms with Crippen LogP contribution in [0.2, 0.25) is 0 Å². The highest BCUT2D eigenvalue weighted by Gasteiger charge is 2.33. The Bertz CT molecular complexity index is 1160. The van der Waals surface area contributed by atoms with Gasteiger partial charge in [0.2, 0.25) is 0 Å². The van der Waals surface area contributed by atoms with Crippen LogP contribution in [0.15, 0.2) is 36.7 Å². The summed E-state index contributed by atoms with van der Waals surface area (Å²) < 4.78 is 20.7. The molecule has 1 aliphatic heterocycles. The fourth-order valence-corrected chi connectivity index (χ4v) is 5.19. The first-order valence-corrected chi connectivity index (χ1v) is 13.3. The first-order valence-electron chi connectivity index (χ1n) is 11.8. The maximum absolute atomic E-state index is 14.0. The molecule has 6 nitrogen and oxygen atoms in total. The molecule has 2 aromatic carbocycles. The van der Waals surface area contributed by atoms with Crippen LogP contribution in [0.3, 0.4) is 0 Å². The highest BCUT2D eigenvalue weighted by Crippen LogP contribution is 2.39. The van der Waals surface area contributed by atoms with Crippen LogP contribution in [0.4, 0.5) is 15.9 Å². The number of aromatic nitrogens is 2. The SMILES string of the molecule is CCOc1cc2ncnc(Nc3ccc(F)c(CI)c3)c2cc1C(C)(C)N1CCCN(C)CC1. The highest BCUT2D eigenvalue weighted by atomic mass is 127. The number of alkyl halides is 1. The van der Waals surface area contributed by atoms with E-state index in [0.29, 0.717) is 22.4 Å². The molecule has 1 fully saturated rings. The number of nitrogens with zero attached hydrogens (tertiary/aromatic N) is 4. The number of ether oxygens (including phenoxy) is 1. The Balaban J connectivity index is 1.78. The van der Waals surface area contributed by atoms with Crippen LogP contribution in [0, 0.1) is 5.82 Å². The average Bonchev–Trinajstić information content (AvgIpc) is 3.05. The van der Waals surface area contributed by atoms with Crippen molar-refractivity contribution >= 4 is 45.0 Å². The van der Waals surface area contributed by atoms with Gasteiger partial charge in [0.05, 0.1) is 12.1 Å². The van der Waals surface area contributed by atoms with Crippen LogP contribution in [0.5, 0.6) is 5.75 Å². The summed E-state index contributed by atoms with van der Waals surface area (Å²) in [5.41, 5.74) is 3.17. The first-order chi connectivity index (χ1) is 16.3. The van der Waals surface area contributed by atoms with Crippen molar-refractivity contribution in [1.29, 1.82) is 0 Å². The largest absolute Gasteiger partial charge is 0.493 e.